The molecule has 0 bridgehead atoms. The fourth-order valence-electron chi connectivity index (χ4n) is 1.39. The number of rotatable bonds is 4. The van der Waals surface area contributed by atoms with E-state index in [4.69, 9.17) is 11.6 Å². The monoisotopic (exact) mass is 253 g/mol. The van der Waals surface area contributed by atoms with E-state index in [-0.39, 0.29) is 0 Å². The molecule has 0 spiro atoms. The van der Waals surface area contributed by atoms with Gasteiger partial charge in [-0.15, -0.1) is 11.3 Å². The number of halogens is 1. The van der Waals surface area contributed by atoms with Gasteiger partial charge in [0.2, 0.25) is 0 Å². The fourth-order valence-corrected chi connectivity index (χ4v) is 2.41. The van der Waals surface area contributed by atoms with Crippen molar-refractivity contribution in [3.8, 4) is 0 Å². The van der Waals surface area contributed by atoms with Crippen LogP contribution in [0.3, 0.4) is 0 Å². The lowest BCUT2D eigenvalue weighted by Gasteiger charge is -2.18. The lowest BCUT2D eigenvalue weighted by Crippen LogP contribution is -2.22. The smallest absolute Gasteiger partial charge is 0.187 e. The van der Waals surface area contributed by atoms with Crippen molar-refractivity contribution in [3.05, 3.63) is 40.6 Å². The highest BCUT2D eigenvalue weighted by atomic mass is 35.5. The van der Waals surface area contributed by atoms with E-state index < -0.39 is 0 Å². The minimum absolute atomic E-state index is 0.555. The molecule has 0 unspecified atom stereocenters. The lowest BCUT2D eigenvalue weighted by molar-refractivity contribution is 0.805. The second-order valence-electron chi connectivity index (χ2n) is 3.29. The summed E-state index contributed by atoms with van der Waals surface area (Å²) < 4.78 is 0. The quantitative estimate of drug-likeness (QED) is 0.838. The third-order valence-corrected chi connectivity index (χ3v) is 3.42. The Morgan fingerprint density at radius 3 is 2.88 bits per heavy atom. The molecule has 0 N–H and O–H groups in total. The molecule has 0 fully saturated rings. The Hall–Kier alpha value is -1.13. The summed E-state index contributed by atoms with van der Waals surface area (Å²) in [6, 6.07) is 5.92. The predicted molar refractivity (Wildman–Crippen MR) is 68.1 cm³/mol. The van der Waals surface area contributed by atoms with Crippen molar-refractivity contribution in [2.45, 2.75) is 13.5 Å². The second kappa shape index (κ2) is 5.27. The Bertz CT molecular complexity index is 444. The summed E-state index contributed by atoms with van der Waals surface area (Å²) in [5.41, 5.74) is 1.04. The van der Waals surface area contributed by atoms with Crippen LogP contribution in [0.1, 0.15) is 12.6 Å². The Morgan fingerprint density at radius 2 is 2.31 bits per heavy atom. The van der Waals surface area contributed by atoms with Gasteiger partial charge in [0.25, 0.3) is 0 Å². The maximum Gasteiger partial charge on any atom is 0.187 e. The highest BCUT2D eigenvalue weighted by Crippen LogP contribution is 2.24. The number of hydrogen-bond acceptors (Lipinski definition) is 4. The van der Waals surface area contributed by atoms with Crippen molar-refractivity contribution in [1.29, 1.82) is 0 Å². The molecule has 0 radical (unpaired) electrons. The molecule has 0 aliphatic rings. The summed E-state index contributed by atoms with van der Waals surface area (Å²) in [6.45, 7) is 3.75. The van der Waals surface area contributed by atoms with Crippen LogP contribution in [0.15, 0.2) is 29.8 Å². The highest BCUT2D eigenvalue weighted by molar-refractivity contribution is 7.14. The van der Waals surface area contributed by atoms with Gasteiger partial charge in [-0.3, -0.25) is 4.98 Å². The molecule has 0 saturated heterocycles. The van der Waals surface area contributed by atoms with Gasteiger partial charge in [0.15, 0.2) is 5.13 Å². The molecule has 0 aromatic carbocycles. The van der Waals surface area contributed by atoms with E-state index in [2.05, 4.69) is 21.8 Å². The molecule has 3 nitrogen and oxygen atoms in total. The van der Waals surface area contributed by atoms with E-state index in [1.807, 2.05) is 23.6 Å². The van der Waals surface area contributed by atoms with E-state index in [0.29, 0.717) is 5.15 Å². The zero-order valence-electron chi connectivity index (χ0n) is 8.93. The Morgan fingerprint density at radius 1 is 1.44 bits per heavy atom. The summed E-state index contributed by atoms with van der Waals surface area (Å²) in [5, 5.41) is 3.34. The van der Waals surface area contributed by atoms with Crippen LogP contribution in [0.2, 0.25) is 5.15 Å². The maximum absolute atomic E-state index is 5.82. The van der Waals surface area contributed by atoms with Crippen molar-refractivity contribution < 1.29 is 0 Å². The van der Waals surface area contributed by atoms with Gasteiger partial charge < -0.3 is 4.90 Å². The summed E-state index contributed by atoms with van der Waals surface area (Å²) in [6.07, 6.45) is 1.80. The number of pyridine rings is 1. The molecule has 5 heteroatoms. The van der Waals surface area contributed by atoms with Crippen molar-refractivity contribution in [2.75, 3.05) is 11.4 Å². The van der Waals surface area contributed by atoms with E-state index in [1.165, 1.54) is 0 Å². The van der Waals surface area contributed by atoms with Gasteiger partial charge >= 0.3 is 0 Å². The molecule has 16 heavy (non-hydrogen) atoms. The third kappa shape index (κ3) is 2.71. The first-order valence-corrected chi connectivity index (χ1v) is 6.31. The molecule has 2 rings (SSSR count). The first kappa shape index (κ1) is 11.4. The van der Waals surface area contributed by atoms with Crippen LogP contribution in [-0.2, 0) is 6.54 Å². The average Bonchev–Trinajstić information content (AvgIpc) is 2.74. The van der Waals surface area contributed by atoms with E-state index in [9.17, 15) is 0 Å². The zero-order chi connectivity index (χ0) is 11.4. The standard InChI is InChI=1S/C11H12ClN3S/c1-2-15(11-14-10(12)8-16-11)7-9-5-3-4-6-13-9/h3-6,8H,2,7H2,1H3. The molecule has 84 valence electrons. The molecule has 2 aromatic rings. The summed E-state index contributed by atoms with van der Waals surface area (Å²) in [5.74, 6) is 0. The highest BCUT2D eigenvalue weighted by Gasteiger charge is 2.09. The zero-order valence-corrected chi connectivity index (χ0v) is 10.5. The number of anilines is 1. The second-order valence-corrected chi connectivity index (χ2v) is 4.51. The maximum atomic E-state index is 5.82. The van der Waals surface area contributed by atoms with Gasteiger partial charge in [-0.1, -0.05) is 17.7 Å². The largest absolute Gasteiger partial charge is 0.342 e. The van der Waals surface area contributed by atoms with Crippen LogP contribution in [0.25, 0.3) is 0 Å². The fraction of sp³-hybridized carbons (Fsp3) is 0.273. The predicted octanol–water partition coefficient (Wildman–Crippen LogP) is 3.22. The molecule has 2 heterocycles. The lowest BCUT2D eigenvalue weighted by atomic mass is 10.3. The minimum Gasteiger partial charge on any atom is -0.342 e. The van der Waals surface area contributed by atoms with Gasteiger partial charge in [0.05, 0.1) is 12.2 Å². The normalized spacial score (nSPS) is 10.4. The first-order chi connectivity index (χ1) is 7.79. The van der Waals surface area contributed by atoms with Crippen molar-refractivity contribution in [1.82, 2.24) is 9.97 Å². The van der Waals surface area contributed by atoms with Gasteiger partial charge in [-0.25, -0.2) is 4.98 Å². The third-order valence-electron chi connectivity index (χ3n) is 2.20. The Kier molecular flexibility index (Phi) is 3.74. The van der Waals surface area contributed by atoms with Crippen molar-refractivity contribution >= 4 is 28.1 Å². The molecule has 0 amide bonds. The van der Waals surface area contributed by atoms with Gasteiger partial charge in [0, 0.05) is 18.1 Å². The summed E-state index contributed by atoms with van der Waals surface area (Å²) in [4.78, 5) is 10.7. The van der Waals surface area contributed by atoms with Crippen LogP contribution >= 0.6 is 22.9 Å². The molecule has 0 atom stereocenters. The summed E-state index contributed by atoms with van der Waals surface area (Å²) >= 11 is 7.38. The van der Waals surface area contributed by atoms with Crippen LogP contribution < -0.4 is 4.90 Å². The van der Waals surface area contributed by atoms with Gasteiger partial charge in [-0.2, -0.15) is 0 Å². The number of aromatic nitrogens is 2. The van der Waals surface area contributed by atoms with Crippen LogP contribution in [0.4, 0.5) is 5.13 Å². The number of nitrogens with zero attached hydrogens (tertiary/aromatic N) is 3. The van der Waals surface area contributed by atoms with E-state index in [1.54, 1.807) is 17.5 Å². The van der Waals surface area contributed by atoms with Crippen LogP contribution in [0, 0.1) is 0 Å². The van der Waals surface area contributed by atoms with Gasteiger partial charge in [0.1, 0.15) is 5.15 Å². The van der Waals surface area contributed by atoms with Crippen LogP contribution in [-0.4, -0.2) is 16.5 Å². The molecule has 0 aliphatic carbocycles. The Balaban J connectivity index is 2.12. The Labute approximate surface area is 104 Å². The number of thiazole rings is 1. The number of hydrogen-bond donors (Lipinski definition) is 0. The minimum atomic E-state index is 0.555. The average molecular weight is 254 g/mol. The van der Waals surface area contributed by atoms with Gasteiger partial charge in [-0.05, 0) is 19.1 Å². The molecule has 2 aromatic heterocycles. The topological polar surface area (TPSA) is 29.0 Å². The molecular weight excluding hydrogens is 242 g/mol. The molecule has 0 saturated carbocycles. The molecule has 0 aliphatic heterocycles. The van der Waals surface area contributed by atoms with Crippen molar-refractivity contribution in [3.63, 3.8) is 0 Å². The molecular formula is C11H12ClN3S. The van der Waals surface area contributed by atoms with E-state index >= 15 is 0 Å². The van der Waals surface area contributed by atoms with Crippen molar-refractivity contribution in [2.24, 2.45) is 0 Å². The van der Waals surface area contributed by atoms with Crippen LogP contribution in [0.5, 0.6) is 0 Å². The summed E-state index contributed by atoms with van der Waals surface area (Å²) in [7, 11) is 0. The first-order valence-electron chi connectivity index (χ1n) is 5.05. The SMILES string of the molecule is CCN(Cc1ccccn1)c1nc(Cl)cs1. The van der Waals surface area contributed by atoms with E-state index in [0.717, 1.165) is 23.9 Å².